The standard InChI is InChI=1S/C15H16N8O/c24-15(12-2-1-3-14(10-12)23-11-17-18-20-23)21-7-4-13(5-8-21)22-9-6-16-19-22/h1-3,6,9-11,13H,4-5,7-8H2. The van der Waals surface area contributed by atoms with Crippen molar-refractivity contribution < 1.29 is 4.79 Å². The van der Waals surface area contributed by atoms with Gasteiger partial charge in [0, 0.05) is 24.8 Å². The minimum atomic E-state index is 0.0296. The lowest BCUT2D eigenvalue weighted by atomic mass is 10.0. The molecule has 0 atom stereocenters. The van der Waals surface area contributed by atoms with Crippen LogP contribution in [-0.2, 0) is 0 Å². The van der Waals surface area contributed by atoms with Crippen molar-refractivity contribution in [3.8, 4) is 5.69 Å². The molecule has 0 saturated carbocycles. The molecule has 0 unspecified atom stereocenters. The maximum absolute atomic E-state index is 12.7. The zero-order valence-corrected chi connectivity index (χ0v) is 12.9. The molecule has 3 aromatic rings. The number of carbonyl (C=O) groups excluding carboxylic acids is 1. The van der Waals surface area contributed by atoms with Crippen molar-refractivity contribution in [2.45, 2.75) is 18.9 Å². The molecular weight excluding hydrogens is 308 g/mol. The average Bonchev–Trinajstić information content (AvgIpc) is 3.35. The van der Waals surface area contributed by atoms with Gasteiger partial charge in [0.05, 0.1) is 17.9 Å². The molecule has 1 amide bonds. The number of aromatic nitrogens is 7. The number of hydrogen-bond donors (Lipinski definition) is 0. The van der Waals surface area contributed by atoms with E-state index in [1.165, 1.54) is 11.0 Å². The number of piperidine rings is 1. The average molecular weight is 324 g/mol. The Hall–Kier alpha value is -3.10. The number of carbonyl (C=O) groups is 1. The Kier molecular flexibility index (Phi) is 3.73. The summed E-state index contributed by atoms with van der Waals surface area (Å²) in [4.78, 5) is 14.6. The summed E-state index contributed by atoms with van der Waals surface area (Å²) < 4.78 is 3.41. The van der Waals surface area contributed by atoms with E-state index < -0.39 is 0 Å². The Morgan fingerprint density at radius 3 is 2.71 bits per heavy atom. The molecule has 0 bridgehead atoms. The summed E-state index contributed by atoms with van der Waals surface area (Å²) in [6, 6.07) is 7.64. The van der Waals surface area contributed by atoms with Crippen LogP contribution >= 0.6 is 0 Å². The van der Waals surface area contributed by atoms with Gasteiger partial charge in [0.15, 0.2) is 0 Å². The molecule has 0 N–H and O–H groups in total. The van der Waals surface area contributed by atoms with Crippen molar-refractivity contribution in [1.29, 1.82) is 0 Å². The highest BCUT2D eigenvalue weighted by Crippen LogP contribution is 2.23. The molecule has 9 nitrogen and oxygen atoms in total. The molecule has 3 heterocycles. The number of amides is 1. The van der Waals surface area contributed by atoms with Crippen molar-refractivity contribution in [2.75, 3.05) is 13.1 Å². The third kappa shape index (κ3) is 2.75. The second-order valence-electron chi connectivity index (χ2n) is 5.71. The third-order valence-corrected chi connectivity index (χ3v) is 4.27. The van der Waals surface area contributed by atoms with Crippen LogP contribution in [0.5, 0.6) is 0 Å². The van der Waals surface area contributed by atoms with Crippen LogP contribution in [-0.4, -0.2) is 59.1 Å². The van der Waals surface area contributed by atoms with Crippen LogP contribution < -0.4 is 0 Å². The molecule has 1 fully saturated rings. The first-order valence-electron chi connectivity index (χ1n) is 7.80. The van der Waals surface area contributed by atoms with E-state index in [2.05, 4.69) is 25.8 Å². The molecule has 1 aliphatic heterocycles. The lowest BCUT2D eigenvalue weighted by molar-refractivity contribution is 0.0689. The van der Waals surface area contributed by atoms with Gasteiger partial charge in [-0.05, 0) is 41.5 Å². The molecule has 2 aromatic heterocycles. The predicted octanol–water partition coefficient (Wildman–Crippen LogP) is 0.731. The number of tetrazole rings is 1. The van der Waals surface area contributed by atoms with Gasteiger partial charge in [0.1, 0.15) is 6.33 Å². The molecule has 0 spiro atoms. The van der Waals surface area contributed by atoms with E-state index in [1.54, 1.807) is 6.20 Å². The summed E-state index contributed by atoms with van der Waals surface area (Å²) in [6.07, 6.45) is 6.82. The quantitative estimate of drug-likeness (QED) is 0.705. The van der Waals surface area contributed by atoms with Gasteiger partial charge in [-0.2, -0.15) is 0 Å². The van der Waals surface area contributed by atoms with Crippen LogP contribution in [0.3, 0.4) is 0 Å². The summed E-state index contributed by atoms with van der Waals surface area (Å²) >= 11 is 0. The second kappa shape index (κ2) is 6.19. The SMILES string of the molecule is O=C(c1cccc(-n2cnnn2)c1)N1CCC(n2ccnn2)CC1. The van der Waals surface area contributed by atoms with E-state index in [1.807, 2.05) is 40.0 Å². The van der Waals surface area contributed by atoms with Crippen molar-refractivity contribution in [3.05, 3.63) is 48.5 Å². The van der Waals surface area contributed by atoms with Crippen LogP contribution in [0.1, 0.15) is 29.2 Å². The van der Waals surface area contributed by atoms with Gasteiger partial charge in [-0.3, -0.25) is 4.79 Å². The monoisotopic (exact) mass is 324 g/mol. The zero-order valence-electron chi connectivity index (χ0n) is 12.9. The topological polar surface area (TPSA) is 94.6 Å². The normalized spacial score (nSPS) is 15.6. The number of rotatable bonds is 3. The maximum Gasteiger partial charge on any atom is 0.253 e. The van der Waals surface area contributed by atoms with Crippen LogP contribution in [0.4, 0.5) is 0 Å². The van der Waals surface area contributed by atoms with Gasteiger partial charge < -0.3 is 4.90 Å². The van der Waals surface area contributed by atoms with E-state index in [4.69, 9.17) is 0 Å². The Labute approximate surface area is 137 Å². The fourth-order valence-electron chi connectivity index (χ4n) is 2.99. The number of likely N-dealkylation sites (tertiary alicyclic amines) is 1. The first-order chi connectivity index (χ1) is 11.8. The fourth-order valence-corrected chi connectivity index (χ4v) is 2.99. The van der Waals surface area contributed by atoms with Gasteiger partial charge in [-0.1, -0.05) is 11.3 Å². The number of benzene rings is 1. The lowest BCUT2D eigenvalue weighted by Gasteiger charge is -2.32. The smallest absolute Gasteiger partial charge is 0.253 e. The largest absolute Gasteiger partial charge is 0.338 e. The van der Waals surface area contributed by atoms with Gasteiger partial charge in [0.2, 0.25) is 0 Å². The molecule has 9 heteroatoms. The molecule has 0 aliphatic carbocycles. The van der Waals surface area contributed by atoms with Crippen molar-refractivity contribution in [1.82, 2.24) is 40.1 Å². The molecule has 1 saturated heterocycles. The van der Waals surface area contributed by atoms with E-state index in [0.717, 1.165) is 18.5 Å². The minimum absolute atomic E-state index is 0.0296. The van der Waals surface area contributed by atoms with Crippen molar-refractivity contribution >= 4 is 5.91 Å². The first kappa shape index (κ1) is 14.5. The predicted molar refractivity (Wildman–Crippen MR) is 83.4 cm³/mol. The summed E-state index contributed by atoms with van der Waals surface area (Å²) in [6.45, 7) is 1.41. The molecule has 122 valence electrons. The van der Waals surface area contributed by atoms with Crippen LogP contribution in [0.25, 0.3) is 5.69 Å². The maximum atomic E-state index is 12.7. The Morgan fingerprint density at radius 1 is 1.12 bits per heavy atom. The Morgan fingerprint density at radius 2 is 2.00 bits per heavy atom. The van der Waals surface area contributed by atoms with Gasteiger partial charge in [-0.25, -0.2) is 9.36 Å². The van der Waals surface area contributed by atoms with E-state index in [9.17, 15) is 4.79 Å². The van der Waals surface area contributed by atoms with Crippen molar-refractivity contribution in [2.24, 2.45) is 0 Å². The molecule has 1 aliphatic rings. The molecule has 4 rings (SSSR count). The summed E-state index contributed by atoms with van der Waals surface area (Å²) in [5.41, 5.74) is 1.41. The Balaban J connectivity index is 1.46. The molecule has 0 radical (unpaired) electrons. The van der Waals surface area contributed by atoms with Gasteiger partial charge in [0.25, 0.3) is 5.91 Å². The number of nitrogens with zero attached hydrogens (tertiary/aromatic N) is 8. The van der Waals surface area contributed by atoms with E-state index in [-0.39, 0.29) is 5.91 Å². The molecular formula is C15H16N8O. The van der Waals surface area contributed by atoms with Crippen LogP contribution in [0.15, 0.2) is 43.0 Å². The summed E-state index contributed by atoms with van der Waals surface area (Å²) in [5.74, 6) is 0.0296. The minimum Gasteiger partial charge on any atom is -0.338 e. The van der Waals surface area contributed by atoms with Crippen LogP contribution in [0, 0.1) is 0 Å². The highest BCUT2D eigenvalue weighted by atomic mass is 16.2. The number of hydrogen-bond acceptors (Lipinski definition) is 6. The third-order valence-electron chi connectivity index (χ3n) is 4.27. The fraction of sp³-hybridized carbons (Fsp3) is 0.333. The summed E-state index contributed by atoms with van der Waals surface area (Å²) in [5, 5.41) is 19.0. The van der Waals surface area contributed by atoms with Crippen molar-refractivity contribution in [3.63, 3.8) is 0 Å². The Bertz CT molecular complexity index is 806. The van der Waals surface area contributed by atoms with E-state index in [0.29, 0.717) is 24.7 Å². The zero-order chi connectivity index (χ0) is 16.4. The van der Waals surface area contributed by atoms with Crippen LogP contribution in [0.2, 0.25) is 0 Å². The van der Waals surface area contributed by atoms with E-state index >= 15 is 0 Å². The summed E-state index contributed by atoms with van der Waals surface area (Å²) in [7, 11) is 0. The highest BCUT2D eigenvalue weighted by molar-refractivity contribution is 5.94. The lowest BCUT2D eigenvalue weighted by Crippen LogP contribution is -2.39. The molecule has 24 heavy (non-hydrogen) atoms. The van der Waals surface area contributed by atoms with Gasteiger partial charge >= 0.3 is 0 Å². The first-order valence-corrected chi connectivity index (χ1v) is 7.80. The molecule has 1 aromatic carbocycles. The highest BCUT2D eigenvalue weighted by Gasteiger charge is 2.25. The second-order valence-corrected chi connectivity index (χ2v) is 5.71. The van der Waals surface area contributed by atoms with Gasteiger partial charge in [-0.15, -0.1) is 10.2 Å².